The van der Waals surface area contributed by atoms with Gasteiger partial charge in [-0.1, -0.05) is 12.1 Å². The molecule has 0 saturated carbocycles. The molecular formula is C27H32N4O2. The number of nitrogens with zero attached hydrogens (tertiary/aromatic N) is 4. The summed E-state index contributed by atoms with van der Waals surface area (Å²) < 4.78 is 8.14. The van der Waals surface area contributed by atoms with E-state index in [0.29, 0.717) is 0 Å². The summed E-state index contributed by atoms with van der Waals surface area (Å²) in [5.41, 5.74) is 3.16. The zero-order chi connectivity index (χ0) is 22.5. The lowest BCUT2D eigenvalue weighted by Crippen LogP contribution is -2.37. The number of aromatic nitrogens is 2. The standard InChI is InChI=1S/C27H32N4O2/c32-27(30-15-2-1-3-16-30)23-8-10-25(11-9-23)33-26-12-18-29(19-13-26)21-22-6-4-7-24(20-22)31-17-5-14-28-31/h4-11,14,17,20,26H,1-3,12-13,15-16,18-19,21H2. The third-order valence-electron chi connectivity index (χ3n) is 6.67. The molecule has 0 radical (unpaired) electrons. The normalized spacial score (nSPS) is 17.8. The zero-order valence-electron chi connectivity index (χ0n) is 19.1. The van der Waals surface area contributed by atoms with Crippen LogP contribution in [-0.4, -0.2) is 57.8 Å². The van der Waals surface area contributed by atoms with Gasteiger partial charge in [0.25, 0.3) is 5.91 Å². The van der Waals surface area contributed by atoms with E-state index >= 15 is 0 Å². The fourth-order valence-electron chi connectivity index (χ4n) is 4.81. The van der Waals surface area contributed by atoms with Gasteiger partial charge in [0.1, 0.15) is 11.9 Å². The van der Waals surface area contributed by atoms with Gasteiger partial charge in [-0.25, -0.2) is 4.68 Å². The van der Waals surface area contributed by atoms with E-state index < -0.39 is 0 Å². The molecule has 2 aliphatic heterocycles. The Hall–Kier alpha value is -3.12. The smallest absolute Gasteiger partial charge is 0.253 e. The summed E-state index contributed by atoms with van der Waals surface area (Å²) in [6.07, 6.45) is 9.46. The second-order valence-corrected chi connectivity index (χ2v) is 9.09. The Kier molecular flexibility index (Phi) is 6.72. The lowest BCUT2D eigenvalue weighted by atomic mass is 10.1. The molecule has 0 N–H and O–H groups in total. The molecule has 6 nitrogen and oxygen atoms in total. The molecule has 6 heteroatoms. The maximum Gasteiger partial charge on any atom is 0.253 e. The third kappa shape index (κ3) is 5.45. The number of amides is 1. The maximum atomic E-state index is 12.6. The number of ether oxygens (including phenoxy) is 1. The molecule has 2 aliphatic rings. The van der Waals surface area contributed by atoms with Gasteiger partial charge >= 0.3 is 0 Å². The van der Waals surface area contributed by atoms with E-state index in [0.717, 1.165) is 75.4 Å². The quantitative estimate of drug-likeness (QED) is 0.560. The summed E-state index contributed by atoms with van der Waals surface area (Å²) >= 11 is 0. The molecule has 3 aromatic rings. The van der Waals surface area contributed by atoms with Crippen LogP contribution < -0.4 is 4.74 Å². The van der Waals surface area contributed by atoms with Crippen LogP contribution in [-0.2, 0) is 6.54 Å². The largest absolute Gasteiger partial charge is 0.490 e. The number of hydrogen-bond acceptors (Lipinski definition) is 4. The topological polar surface area (TPSA) is 50.6 Å². The number of carbonyl (C=O) groups excluding carboxylic acids is 1. The van der Waals surface area contributed by atoms with Crippen molar-refractivity contribution in [2.45, 2.75) is 44.8 Å². The van der Waals surface area contributed by atoms with Crippen molar-refractivity contribution < 1.29 is 9.53 Å². The molecule has 33 heavy (non-hydrogen) atoms. The first-order valence-electron chi connectivity index (χ1n) is 12.1. The molecule has 0 bridgehead atoms. The van der Waals surface area contributed by atoms with E-state index in [2.05, 4.69) is 34.3 Å². The highest BCUT2D eigenvalue weighted by Crippen LogP contribution is 2.22. The summed E-state index contributed by atoms with van der Waals surface area (Å²) in [6.45, 7) is 4.73. The van der Waals surface area contributed by atoms with E-state index in [1.165, 1.54) is 12.0 Å². The zero-order valence-corrected chi connectivity index (χ0v) is 19.1. The van der Waals surface area contributed by atoms with E-state index in [9.17, 15) is 4.79 Å². The molecule has 1 aromatic heterocycles. The lowest BCUT2D eigenvalue weighted by Gasteiger charge is -2.32. The predicted molar refractivity (Wildman–Crippen MR) is 129 cm³/mol. The number of benzene rings is 2. The fourth-order valence-corrected chi connectivity index (χ4v) is 4.81. The monoisotopic (exact) mass is 444 g/mol. The molecule has 2 aromatic carbocycles. The van der Waals surface area contributed by atoms with Gasteiger partial charge in [0.2, 0.25) is 0 Å². The van der Waals surface area contributed by atoms with Crippen LogP contribution in [0.4, 0.5) is 0 Å². The first-order valence-corrected chi connectivity index (χ1v) is 12.1. The van der Waals surface area contributed by atoms with E-state index in [1.54, 1.807) is 6.20 Å². The van der Waals surface area contributed by atoms with Gasteiger partial charge in [-0.2, -0.15) is 5.10 Å². The average molecular weight is 445 g/mol. The summed E-state index contributed by atoms with van der Waals surface area (Å²) in [5, 5.41) is 4.33. The van der Waals surface area contributed by atoms with Gasteiger partial charge in [0.05, 0.1) is 5.69 Å². The van der Waals surface area contributed by atoms with Crippen molar-refractivity contribution in [1.82, 2.24) is 19.6 Å². The third-order valence-corrected chi connectivity index (χ3v) is 6.67. The van der Waals surface area contributed by atoms with Gasteiger partial charge < -0.3 is 9.64 Å². The SMILES string of the molecule is O=C(c1ccc(OC2CCN(Cc3cccc(-n4cccn4)c3)CC2)cc1)N1CCCCC1. The van der Waals surface area contributed by atoms with Crippen LogP contribution in [0.15, 0.2) is 67.0 Å². The predicted octanol–water partition coefficient (Wildman–Crippen LogP) is 4.54. The fraction of sp³-hybridized carbons (Fsp3) is 0.407. The van der Waals surface area contributed by atoms with Crippen LogP contribution in [0.5, 0.6) is 5.75 Å². The number of hydrogen-bond donors (Lipinski definition) is 0. The van der Waals surface area contributed by atoms with Crippen molar-refractivity contribution in [1.29, 1.82) is 0 Å². The molecule has 0 unspecified atom stereocenters. The Labute approximate surface area is 195 Å². The minimum absolute atomic E-state index is 0.145. The Morgan fingerprint density at radius 3 is 2.45 bits per heavy atom. The van der Waals surface area contributed by atoms with Gasteiger partial charge in [-0.15, -0.1) is 0 Å². The summed E-state index contributed by atoms with van der Waals surface area (Å²) in [5.74, 6) is 1.00. The molecule has 2 saturated heterocycles. The summed E-state index contributed by atoms with van der Waals surface area (Å²) in [7, 11) is 0. The van der Waals surface area contributed by atoms with Crippen LogP contribution >= 0.6 is 0 Å². The van der Waals surface area contributed by atoms with Gasteiger partial charge in [-0.05, 0) is 80.1 Å². The molecule has 0 spiro atoms. The second kappa shape index (κ2) is 10.2. The minimum Gasteiger partial charge on any atom is -0.490 e. The highest BCUT2D eigenvalue weighted by molar-refractivity contribution is 5.94. The van der Waals surface area contributed by atoms with Crippen molar-refractivity contribution in [2.24, 2.45) is 0 Å². The van der Waals surface area contributed by atoms with Gasteiger partial charge in [0.15, 0.2) is 0 Å². The number of piperidine rings is 2. The minimum atomic E-state index is 0.145. The molecule has 0 aliphatic carbocycles. The molecule has 172 valence electrons. The van der Waals surface area contributed by atoms with E-state index in [-0.39, 0.29) is 12.0 Å². The average Bonchev–Trinajstić information content (AvgIpc) is 3.41. The van der Waals surface area contributed by atoms with Crippen molar-refractivity contribution in [3.05, 3.63) is 78.1 Å². The first-order chi connectivity index (χ1) is 16.2. The van der Waals surface area contributed by atoms with Gasteiger partial charge in [-0.3, -0.25) is 9.69 Å². The molecule has 3 heterocycles. The van der Waals surface area contributed by atoms with E-state index in [1.807, 2.05) is 46.1 Å². The van der Waals surface area contributed by atoms with Crippen molar-refractivity contribution in [2.75, 3.05) is 26.2 Å². The molecule has 5 rings (SSSR count). The van der Waals surface area contributed by atoms with Gasteiger partial charge in [0, 0.05) is 50.7 Å². The second-order valence-electron chi connectivity index (χ2n) is 9.09. The molecule has 2 fully saturated rings. The highest BCUT2D eigenvalue weighted by Gasteiger charge is 2.22. The Morgan fingerprint density at radius 2 is 1.73 bits per heavy atom. The van der Waals surface area contributed by atoms with Crippen molar-refractivity contribution in [3.8, 4) is 11.4 Å². The maximum absolute atomic E-state index is 12.6. The van der Waals surface area contributed by atoms with Crippen LogP contribution in [0.1, 0.15) is 48.0 Å². The van der Waals surface area contributed by atoms with Crippen molar-refractivity contribution >= 4 is 5.91 Å². The first kappa shape index (κ1) is 21.7. The van der Waals surface area contributed by atoms with Crippen LogP contribution in [0.25, 0.3) is 5.69 Å². The summed E-state index contributed by atoms with van der Waals surface area (Å²) in [4.78, 5) is 17.1. The Morgan fingerprint density at radius 1 is 0.939 bits per heavy atom. The Balaban J connectivity index is 1.11. The number of rotatable bonds is 6. The molecule has 1 amide bonds. The molecule has 0 atom stereocenters. The molecular weight excluding hydrogens is 412 g/mol. The van der Waals surface area contributed by atoms with Crippen LogP contribution in [0.2, 0.25) is 0 Å². The highest BCUT2D eigenvalue weighted by atomic mass is 16.5. The number of likely N-dealkylation sites (tertiary alicyclic amines) is 2. The summed E-state index contributed by atoms with van der Waals surface area (Å²) in [6, 6.07) is 18.2. The van der Waals surface area contributed by atoms with E-state index in [4.69, 9.17) is 4.74 Å². The van der Waals surface area contributed by atoms with Crippen LogP contribution in [0.3, 0.4) is 0 Å². The number of carbonyl (C=O) groups is 1. The Bertz CT molecular complexity index is 1030. The lowest BCUT2D eigenvalue weighted by molar-refractivity contribution is 0.0724. The van der Waals surface area contributed by atoms with Crippen LogP contribution in [0, 0.1) is 0 Å². The van der Waals surface area contributed by atoms with Crippen molar-refractivity contribution in [3.63, 3.8) is 0 Å².